The van der Waals surface area contributed by atoms with Crippen LogP contribution < -0.4 is 14.8 Å². The Labute approximate surface area is 144 Å². The van der Waals surface area contributed by atoms with Crippen molar-refractivity contribution in [3.63, 3.8) is 0 Å². The molecule has 0 heterocycles. The van der Waals surface area contributed by atoms with Crippen LogP contribution >= 0.6 is 15.9 Å². The lowest BCUT2D eigenvalue weighted by Crippen LogP contribution is -2.14. The van der Waals surface area contributed by atoms with Gasteiger partial charge in [-0.05, 0) is 43.7 Å². The molecule has 122 valence electrons. The fraction of sp³-hybridized carbons (Fsp3) is 0.278. The lowest BCUT2D eigenvalue weighted by Gasteiger charge is -2.12. The molecule has 0 aliphatic rings. The van der Waals surface area contributed by atoms with Crippen LogP contribution in [0.2, 0.25) is 0 Å². The zero-order valence-electron chi connectivity index (χ0n) is 13.3. The molecule has 23 heavy (non-hydrogen) atoms. The molecule has 0 aliphatic carbocycles. The van der Waals surface area contributed by atoms with Crippen LogP contribution in [0.15, 0.2) is 46.9 Å². The topological polar surface area (TPSA) is 47.6 Å². The third-order valence-electron chi connectivity index (χ3n) is 3.05. The van der Waals surface area contributed by atoms with Gasteiger partial charge in [-0.3, -0.25) is 4.79 Å². The average Bonchev–Trinajstić information content (AvgIpc) is 2.54. The summed E-state index contributed by atoms with van der Waals surface area (Å²) in [6, 6.07) is 12.7. The first-order chi connectivity index (χ1) is 11.1. The second-order valence-electron chi connectivity index (χ2n) is 4.90. The Morgan fingerprint density at radius 2 is 1.96 bits per heavy atom. The minimum atomic E-state index is -0.217. The Balaban J connectivity index is 2.19. The van der Waals surface area contributed by atoms with Crippen LogP contribution in [0.25, 0.3) is 0 Å². The molecule has 4 nitrogen and oxygen atoms in total. The van der Waals surface area contributed by atoms with Gasteiger partial charge in [-0.1, -0.05) is 28.9 Å². The molecule has 0 bridgehead atoms. The van der Waals surface area contributed by atoms with Crippen LogP contribution in [0.4, 0.5) is 5.69 Å². The molecular formula is C18H20BrNO3. The number of amides is 1. The number of halogens is 1. The molecule has 0 radical (unpaired) electrons. The normalized spacial score (nSPS) is 10.2. The molecule has 0 aromatic heterocycles. The minimum Gasteiger partial charge on any atom is -0.494 e. The van der Waals surface area contributed by atoms with Crippen LogP contribution in [0.5, 0.6) is 11.5 Å². The van der Waals surface area contributed by atoms with Crippen molar-refractivity contribution in [1.29, 1.82) is 0 Å². The van der Waals surface area contributed by atoms with Gasteiger partial charge in [0.15, 0.2) is 0 Å². The van der Waals surface area contributed by atoms with Gasteiger partial charge in [-0.25, -0.2) is 0 Å². The number of hydrogen-bond acceptors (Lipinski definition) is 3. The van der Waals surface area contributed by atoms with Crippen LogP contribution in [0, 0.1) is 0 Å². The molecule has 5 heteroatoms. The summed E-state index contributed by atoms with van der Waals surface area (Å²) >= 11 is 3.39. The maximum absolute atomic E-state index is 12.6. The van der Waals surface area contributed by atoms with Crippen molar-refractivity contribution in [2.75, 3.05) is 18.5 Å². The summed E-state index contributed by atoms with van der Waals surface area (Å²) in [5, 5.41) is 2.88. The first-order valence-corrected chi connectivity index (χ1v) is 8.40. The molecule has 0 aliphatic heterocycles. The van der Waals surface area contributed by atoms with Gasteiger partial charge in [0.05, 0.1) is 18.8 Å². The summed E-state index contributed by atoms with van der Waals surface area (Å²) in [6.07, 6.45) is 0.882. The molecule has 0 fully saturated rings. The zero-order valence-corrected chi connectivity index (χ0v) is 14.9. The number of carbonyl (C=O) groups is 1. The van der Waals surface area contributed by atoms with E-state index in [2.05, 4.69) is 21.2 Å². The highest BCUT2D eigenvalue weighted by atomic mass is 79.9. The van der Waals surface area contributed by atoms with E-state index < -0.39 is 0 Å². The van der Waals surface area contributed by atoms with E-state index in [0.29, 0.717) is 30.2 Å². The van der Waals surface area contributed by atoms with E-state index in [0.717, 1.165) is 16.6 Å². The van der Waals surface area contributed by atoms with Crippen LogP contribution in [-0.4, -0.2) is 19.1 Å². The quantitative estimate of drug-likeness (QED) is 0.746. The largest absolute Gasteiger partial charge is 0.494 e. The number of rotatable bonds is 7. The molecule has 0 saturated carbocycles. The molecule has 2 rings (SSSR count). The second kappa shape index (κ2) is 8.58. The van der Waals surface area contributed by atoms with Gasteiger partial charge in [-0.15, -0.1) is 0 Å². The molecular weight excluding hydrogens is 358 g/mol. The lowest BCUT2D eigenvalue weighted by atomic mass is 10.2. The summed E-state index contributed by atoms with van der Waals surface area (Å²) in [5.41, 5.74) is 1.18. The van der Waals surface area contributed by atoms with E-state index in [9.17, 15) is 4.79 Å². The molecule has 2 aromatic carbocycles. The number of ether oxygens (including phenoxy) is 2. The summed E-state index contributed by atoms with van der Waals surface area (Å²) < 4.78 is 11.9. The second-order valence-corrected chi connectivity index (χ2v) is 5.82. The van der Waals surface area contributed by atoms with Crippen molar-refractivity contribution in [3.05, 3.63) is 52.5 Å². The highest BCUT2D eigenvalue weighted by Crippen LogP contribution is 2.25. The van der Waals surface area contributed by atoms with Crippen LogP contribution in [0.3, 0.4) is 0 Å². The molecule has 2 aromatic rings. The maximum atomic E-state index is 12.6. The van der Waals surface area contributed by atoms with Gasteiger partial charge in [0.25, 0.3) is 5.91 Å². The first-order valence-electron chi connectivity index (χ1n) is 7.60. The van der Waals surface area contributed by atoms with Gasteiger partial charge in [-0.2, -0.15) is 0 Å². The zero-order chi connectivity index (χ0) is 16.7. The van der Waals surface area contributed by atoms with Gasteiger partial charge in [0.2, 0.25) is 0 Å². The molecule has 0 saturated heterocycles. The monoisotopic (exact) mass is 377 g/mol. The van der Waals surface area contributed by atoms with E-state index in [-0.39, 0.29) is 5.91 Å². The van der Waals surface area contributed by atoms with E-state index in [1.54, 1.807) is 18.2 Å². The smallest absolute Gasteiger partial charge is 0.259 e. The van der Waals surface area contributed by atoms with Gasteiger partial charge in [0, 0.05) is 16.2 Å². The van der Waals surface area contributed by atoms with Crippen molar-refractivity contribution in [2.24, 2.45) is 0 Å². The fourth-order valence-electron chi connectivity index (χ4n) is 2.05. The fourth-order valence-corrected chi connectivity index (χ4v) is 2.41. The number of carbonyl (C=O) groups excluding carboxylic acids is 1. The van der Waals surface area contributed by atoms with E-state index in [4.69, 9.17) is 9.47 Å². The number of nitrogens with one attached hydrogen (secondary N) is 1. The molecule has 0 atom stereocenters. The SMILES string of the molecule is CCCOc1ccc(Br)cc1C(=O)Nc1cccc(OCC)c1. The molecule has 0 spiro atoms. The third kappa shape index (κ3) is 4.99. The Morgan fingerprint density at radius 3 is 2.70 bits per heavy atom. The van der Waals surface area contributed by atoms with Crippen molar-refractivity contribution in [2.45, 2.75) is 20.3 Å². The number of benzene rings is 2. The van der Waals surface area contributed by atoms with E-state index in [1.165, 1.54) is 0 Å². The van der Waals surface area contributed by atoms with Gasteiger partial charge < -0.3 is 14.8 Å². The first kappa shape index (κ1) is 17.3. The van der Waals surface area contributed by atoms with E-state index >= 15 is 0 Å². The summed E-state index contributed by atoms with van der Waals surface area (Å²) in [6.45, 7) is 5.10. The highest BCUT2D eigenvalue weighted by molar-refractivity contribution is 9.10. The Kier molecular flexibility index (Phi) is 6.47. The Bertz CT molecular complexity index is 673. The standard InChI is InChI=1S/C18H20BrNO3/c1-3-10-23-17-9-8-13(19)11-16(17)18(21)20-14-6-5-7-15(12-14)22-4-2/h5-9,11-12H,3-4,10H2,1-2H3,(H,20,21). The predicted molar refractivity (Wildman–Crippen MR) is 95.5 cm³/mol. The van der Waals surface area contributed by atoms with Crippen molar-refractivity contribution >= 4 is 27.5 Å². The summed E-state index contributed by atoms with van der Waals surface area (Å²) in [4.78, 5) is 12.6. The lowest BCUT2D eigenvalue weighted by molar-refractivity contribution is 0.102. The van der Waals surface area contributed by atoms with Gasteiger partial charge >= 0.3 is 0 Å². The predicted octanol–water partition coefficient (Wildman–Crippen LogP) is 4.89. The average molecular weight is 378 g/mol. The number of hydrogen-bond donors (Lipinski definition) is 1. The molecule has 0 unspecified atom stereocenters. The minimum absolute atomic E-state index is 0.217. The summed E-state index contributed by atoms with van der Waals surface area (Å²) in [7, 11) is 0. The number of anilines is 1. The maximum Gasteiger partial charge on any atom is 0.259 e. The van der Waals surface area contributed by atoms with Gasteiger partial charge in [0.1, 0.15) is 11.5 Å². The van der Waals surface area contributed by atoms with Crippen molar-refractivity contribution in [3.8, 4) is 11.5 Å². The van der Waals surface area contributed by atoms with Crippen molar-refractivity contribution < 1.29 is 14.3 Å². The van der Waals surface area contributed by atoms with Crippen LogP contribution in [-0.2, 0) is 0 Å². The Hall–Kier alpha value is -2.01. The van der Waals surface area contributed by atoms with Crippen molar-refractivity contribution in [1.82, 2.24) is 0 Å². The summed E-state index contributed by atoms with van der Waals surface area (Å²) in [5.74, 6) is 1.08. The molecule has 1 amide bonds. The Morgan fingerprint density at radius 1 is 1.13 bits per heavy atom. The molecule has 1 N–H and O–H groups in total. The highest BCUT2D eigenvalue weighted by Gasteiger charge is 2.14. The van der Waals surface area contributed by atoms with Crippen LogP contribution in [0.1, 0.15) is 30.6 Å². The van der Waals surface area contributed by atoms with E-state index in [1.807, 2.05) is 38.1 Å². The third-order valence-corrected chi connectivity index (χ3v) is 3.54.